The van der Waals surface area contributed by atoms with E-state index in [4.69, 9.17) is 21.1 Å². The van der Waals surface area contributed by atoms with Gasteiger partial charge in [-0.05, 0) is 35.9 Å². The van der Waals surface area contributed by atoms with E-state index in [0.717, 1.165) is 5.56 Å². The van der Waals surface area contributed by atoms with Crippen molar-refractivity contribution in [3.05, 3.63) is 58.6 Å². The number of carboxylic acid groups (broad SMARTS) is 1. The number of ketones is 1. The quantitative estimate of drug-likeness (QED) is 0.483. The van der Waals surface area contributed by atoms with Crippen LogP contribution in [0, 0.1) is 0 Å². The molecular weight excluding hydrogens is 442 g/mol. The molecular formula is C22H24ClNO6S. The Kier molecular flexibility index (Phi) is 9.21. The fourth-order valence-corrected chi connectivity index (χ4v) is 4.27. The van der Waals surface area contributed by atoms with E-state index in [-0.39, 0.29) is 23.2 Å². The van der Waals surface area contributed by atoms with E-state index in [1.165, 1.54) is 32.9 Å². The lowest BCUT2D eigenvalue weighted by Gasteiger charge is -2.20. The summed E-state index contributed by atoms with van der Waals surface area (Å²) in [5, 5.41) is 12.0. The van der Waals surface area contributed by atoms with Crippen LogP contribution in [-0.2, 0) is 9.59 Å². The number of methoxy groups -OCH3 is 2. The van der Waals surface area contributed by atoms with E-state index in [1.807, 2.05) is 0 Å². The number of aliphatic carboxylic acids is 1. The maximum atomic E-state index is 13.0. The van der Waals surface area contributed by atoms with Crippen LogP contribution in [0.5, 0.6) is 11.5 Å². The van der Waals surface area contributed by atoms with Crippen LogP contribution < -0.4 is 14.8 Å². The molecule has 2 N–H and O–H groups in total. The van der Waals surface area contributed by atoms with Gasteiger partial charge < -0.3 is 19.9 Å². The number of carbonyl (C=O) groups is 3. The smallest absolute Gasteiger partial charge is 0.327 e. The standard InChI is InChI=1S/C22H24ClNO6S/c1-13(25)24-17(22(27)28)12-31-21(14-4-7-16(23)8-5-14)11-18(26)15-6-9-19(29-2)20(10-15)30-3/h4-10,17,21H,11-12H2,1-3H3,(H,24,25)(H,27,28)/t17-,21+/m1/s1. The molecule has 0 aliphatic carbocycles. The average Bonchev–Trinajstić information content (AvgIpc) is 2.75. The van der Waals surface area contributed by atoms with Gasteiger partial charge in [-0.25, -0.2) is 4.79 Å². The van der Waals surface area contributed by atoms with E-state index in [2.05, 4.69) is 5.32 Å². The molecule has 0 bridgehead atoms. The van der Waals surface area contributed by atoms with Crippen molar-refractivity contribution in [1.82, 2.24) is 5.32 Å². The molecule has 0 aliphatic rings. The Balaban J connectivity index is 2.24. The highest BCUT2D eigenvalue weighted by atomic mass is 35.5. The largest absolute Gasteiger partial charge is 0.493 e. The molecule has 0 radical (unpaired) electrons. The fourth-order valence-electron chi connectivity index (χ4n) is 2.88. The van der Waals surface area contributed by atoms with Crippen molar-refractivity contribution in [1.29, 1.82) is 0 Å². The zero-order valence-electron chi connectivity index (χ0n) is 17.4. The molecule has 0 aromatic heterocycles. The molecule has 0 heterocycles. The first kappa shape index (κ1) is 24.6. The van der Waals surface area contributed by atoms with Crippen molar-refractivity contribution in [2.75, 3.05) is 20.0 Å². The van der Waals surface area contributed by atoms with Gasteiger partial charge in [-0.2, -0.15) is 11.8 Å². The molecule has 7 nitrogen and oxygen atoms in total. The third kappa shape index (κ3) is 7.18. The second kappa shape index (κ2) is 11.6. The topological polar surface area (TPSA) is 102 Å². The van der Waals surface area contributed by atoms with Gasteiger partial charge in [-0.15, -0.1) is 0 Å². The summed E-state index contributed by atoms with van der Waals surface area (Å²) in [5.41, 5.74) is 1.28. The van der Waals surface area contributed by atoms with E-state index in [1.54, 1.807) is 42.5 Å². The third-order valence-electron chi connectivity index (χ3n) is 4.46. The van der Waals surface area contributed by atoms with Crippen molar-refractivity contribution in [2.24, 2.45) is 0 Å². The minimum Gasteiger partial charge on any atom is -0.493 e. The van der Waals surface area contributed by atoms with Crippen LogP contribution in [-0.4, -0.2) is 48.8 Å². The number of benzene rings is 2. The predicted molar refractivity (Wildman–Crippen MR) is 120 cm³/mol. The van der Waals surface area contributed by atoms with Gasteiger partial charge in [0.1, 0.15) is 6.04 Å². The third-order valence-corrected chi connectivity index (χ3v) is 6.08. The molecule has 0 spiro atoms. The molecule has 0 fully saturated rings. The molecule has 166 valence electrons. The Labute approximate surface area is 190 Å². The van der Waals surface area contributed by atoms with E-state index >= 15 is 0 Å². The molecule has 9 heteroatoms. The molecule has 2 aromatic rings. The highest BCUT2D eigenvalue weighted by molar-refractivity contribution is 7.99. The maximum Gasteiger partial charge on any atom is 0.327 e. The monoisotopic (exact) mass is 465 g/mol. The maximum absolute atomic E-state index is 13.0. The Hall–Kier alpha value is -2.71. The minimum atomic E-state index is -1.14. The van der Waals surface area contributed by atoms with E-state index in [9.17, 15) is 19.5 Å². The van der Waals surface area contributed by atoms with E-state index in [0.29, 0.717) is 22.1 Å². The van der Waals surface area contributed by atoms with Gasteiger partial charge >= 0.3 is 5.97 Å². The van der Waals surface area contributed by atoms with Crippen LogP contribution in [0.3, 0.4) is 0 Å². The number of hydrogen-bond acceptors (Lipinski definition) is 6. The molecule has 0 aliphatic heterocycles. The summed E-state index contributed by atoms with van der Waals surface area (Å²) in [5.74, 6) is -0.648. The average molecular weight is 466 g/mol. The number of amides is 1. The van der Waals surface area contributed by atoms with Crippen LogP contribution in [0.15, 0.2) is 42.5 Å². The van der Waals surface area contributed by atoms with Crippen LogP contribution in [0.1, 0.15) is 34.5 Å². The van der Waals surface area contributed by atoms with Gasteiger partial charge in [-0.1, -0.05) is 23.7 Å². The van der Waals surface area contributed by atoms with Gasteiger partial charge in [0.15, 0.2) is 17.3 Å². The van der Waals surface area contributed by atoms with Gasteiger partial charge in [0.2, 0.25) is 5.91 Å². The summed E-state index contributed by atoms with van der Waals surface area (Å²) >= 11 is 7.27. The van der Waals surface area contributed by atoms with Gasteiger partial charge in [0.25, 0.3) is 0 Å². The summed E-state index contributed by atoms with van der Waals surface area (Å²) in [6.45, 7) is 1.26. The van der Waals surface area contributed by atoms with Crippen molar-refractivity contribution in [3.8, 4) is 11.5 Å². The Bertz CT molecular complexity index is 934. The number of Topliss-reactive ketones (excluding diaryl/α,β-unsaturated/α-hetero) is 1. The summed E-state index contributed by atoms with van der Waals surface area (Å²) in [6.07, 6.45) is 0.119. The number of hydrogen-bond donors (Lipinski definition) is 2. The second-order valence-corrected chi connectivity index (χ2v) is 8.33. The molecule has 1 amide bonds. The Morgan fingerprint density at radius 1 is 1.06 bits per heavy atom. The van der Waals surface area contributed by atoms with Gasteiger partial charge in [0.05, 0.1) is 14.2 Å². The van der Waals surface area contributed by atoms with Crippen molar-refractivity contribution < 1.29 is 29.0 Å². The van der Waals surface area contributed by atoms with Crippen LogP contribution in [0.25, 0.3) is 0 Å². The number of ether oxygens (including phenoxy) is 2. The summed E-state index contributed by atoms with van der Waals surface area (Å²) < 4.78 is 10.5. The molecule has 0 saturated carbocycles. The highest BCUT2D eigenvalue weighted by Crippen LogP contribution is 2.35. The van der Waals surface area contributed by atoms with Crippen molar-refractivity contribution in [2.45, 2.75) is 24.6 Å². The zero-order valence-corrected chi connectivity index (χ0v) is 19.0. The normalized spacial score (nSPS) is 12.5. The molecule has 2 atom stereocenters. The summed E-state index contributed by atoms with van der Waals surface area (Å²) in [7, 11) is 3.01. The number of rotatable bonds is 11. The molecule has 0 unspecified atom stereocenters. The number of halogens is 1. The molecule has 2 aromatic carbocycles. The lowest BCUT2D eigenvalue weighted by Crippen LogP contribution is -2.41. The minimum absolute atomic E-state index is 0.0986. The number of carboxylic acids is 1. The molecule has 2 rings (SSSR count). The highest BCUT2D eigenvalue weighted by Gasteiger charge is 2.24. The second-order valence-electron chi connectivity index (χ2n) is 6.66. The van der Waals surface area contributed by atoms with Crippen LogP contribution >= 0.6 is 23.4 Å². The van der Waals surface area contributed by atoms with Crippen molar-refractivity contribution >= 4 is 41.0 Å². The lowest BCUT2D eigenvalue weighted by atomic mass is 10.0. The number of nitrogens with one attached hydrogen (secondary N) is 1. The first-order chi connectivity index (χ1) is 14.7. The van der Waals surface area contributed by atoms with Crippen LogP contribution in [0.4, 0.5) is 0 Å². The SMILES string of the molecule is COc1ccc(C(=O)C[C@H](SC[C@@H](NC(C)=O)C(=O)O)c2ccc(Cl)cc2)cc1OC. The van der Waals surface area contributed by atoms with Gasteiger partial charge in [-0.3, -0.25) is 9.59 Å². The number of thioether (sulfide) groups is 1. The lowest BCUT2D eigenvalue weighted by molar-refractivity contribution is -0.140. The zero-order chi connectivity index (χ0) is 23.0. The van der Waals surface area contributed by atoms with Gasteiger partial charge in [0, 0.05) is 34.9 Å². The molecule has 0 saturated heterocycles. The number of carbonyl (C=O) groups excluding carboxylic acids is 2. The van der Waals surface area contributed by atoms with Crippen LogP contribution in [0.2, 0.25) is 5.02 Å². The predicted octanol–water partition coefficient (Wildman–Crippen LogP) is 3.99. The summed E-state index contributed by atoms with van der Waals surface area (Å²) in [4.78, 5) is 35.8. The first-order valence-electron chi connectivity index (χ1n) is 9.37. The summed E-state index contributed by atoms with van der Waals surface area (Å²) in [6, 6.07) is 10.9. The van der Waals surface area contributed by atoms with Crippen molar-refractivity contribution in [3.63, 3.8) is 0 Å². The first-order valence-corrected chi connectivity index (χ1v) is 10.8. The fraction of sp³-hybridized carbons (Fsp3) is 0.318. The van der Waals surface area contributed by atoms with E-state index < -0.39 is 17.9 Å². The molecule has 31 heavy (non-hydrogen) atoms. The Morgan fingerprint density at radius 2 is 1.71 bits per heavy atom. The Morgan fingerprint density at radius 3 is 2.26 bits per heavy atom.